The van der Waals surface area contributed by atoms with Crippen molar-refractivity contribution in [3.63, 3.8) is 0 Å². The summed E-state index contributed by atoms with van der Waals surface area (Å²) in [6.45, 7) is 5.60. The molecule has 2 aromatic carbocycles. The van der Waals surface area contributed by atoms with Crippen molar-refractivity contribution in [1.82, 2.24) is 30.6 Å². The van der Waals surface area contributed by atoms with E-state index < -0.39 is 5.97 Å². The summed E-state index contributed by atoms with van der Waals surface area (Å²) in [5.74, 6) is 0.738. The van der Waals surface area contributed by atoms with Gasteiger partial charge in [0, 0.05) is 24.8 Å². The molecule has 0 radical (unpaired) electrons. The first-order chi connectivity index (χ1) is 16.7. The van der Waals surface area contributed by atoms with E-state index in [2.05, 4.69) is 66.7 Å². The van der Waals surface area contributed by atoms with Gasteiger partial charge in [-0.2, -0.15) is 5.21 Å². The van der Waals surface area contributed by atoms with Gasteiger partial charge in [0.1, 0.15) is 17.7 Å². The average molecular weight is 458 g/mol. The molecule has 0 aliphatic rings. The molecule has 0 saturated carbocycles. The van der Waals surface area contributed by atoms with Crippen LogP contribution in [0.1, 0.15) is 42.6 Å². The summed E-state index contributed by atoms with van der Waals surface area (Å²) in [5.41, 5.74) is 4.47. The van der Waals surface area contributed by atoms with Crippen LogP contribution in [0.4, 0.5) is 5.82 Å². The molecule has 0 spiro atoms. The fourth-order valence-electron chi connectivity index (χ4n) is 3.75. The van der Waals surface area contributed by atoms with Crippen LogP contribution in [0, 0.1) is 0 Å². The van der Waals surface area contributed by atoms with Crippen molar-refractivity contribution in [2.24, 2.45) is 0 Å². The summed E-state index contributed by atoms with van der Waals surface area (Å²) in [7, 11) is 0. The standard InChI is InChI=1S/C25H27N7O2/c1-3-5-14-32(24-22(15-26-17-27-24)25(33)34-4-2)16-18-10-12-19(13-11-18)20-8-6-7-9-21(20)23-28-30-31-29-23/h6-13,15,17H,3-5,14,16H2,1-2H3,(H,28,29,30,31). The Bertz CT molecular complexity index is 1210. The third kappa shape index (κ3) is 5.25. The summed E-state index contributed by atoms with van der Waals surface area (Å²) in [4.78, 5) is 23.1. The molecule has 0 fully saturated rings. The Kier molecular flexibility index (Phi) is 7.54. The number of anilines is 1. The second-order valence-electron chi connectivity index (χ2n) is 7.73. The molecule has 4 aromatic rings. The van der Waals surface area contributed by atoms with E-state index >= 15 is 0 Å². The highest BCUT2D eigenvalue weighted by Gasteiger charge is 2.20. The molecule has 174 valence electrons. The van der Waals surface area contributed by atoms with Gasteiger partial charge in [-0.1, -0.05) is 61.9 Å². The maximum absolute atomic E-state index is 12.5. The van der Waals surface area contributed by atoms with E-state index in [1.807, 2.05) is 24.3 Å². The third-order valence-corrected chi connectivity index (χ3v) is 5.42. The fourth-order valence-corrected chi connectivity index (χ4v) is 3.75. The SMILES string of the molecule is CCCCN(Cc1ccc(-c2ccccc2-c2nn[nH]n2)cc1)c1ncncc1C(=O)OCC. The van der Waals surface area contributed by atoms with Gasteiger partial charge in [-0.15, -0.1) is 10.2 Å². The lowest BCUT2D eigenvalue weighted by Crippen LogP contribution is -2.27. The van der Waals surface area contributed by atoms with E-state index in [1.54, 1.807) is 6.92 Å². The zero-order chi connectivity index (χ0) is 23.8. The zero-order valence-electron chi connectivity index (χ0n) is 19.3. The molecular weight excluding hydrogens is 430 g/mol. The van der Waals surface area contributed by atoms with Crippen LogP contribution in [-0.4, -0.2) is 49.7 Å². The van der Waals surface area contributed by atoms with Crippen LogP contribution in [0.15, 0.2) is 61.1 Å². The summed E-state index contributed by atoms with van der Waals surface area (Å²) in [6.07, 6.45) is 5.00. The Labute approximate surface area is 198 Å². The lowest BCUT2D eigenvalue weighted by atomic mass is 9.98. The summed E-state index contributed by atoms with van der Waals surface area (Å²) < 4.78 is 5.22. The molecule has 0 unspecified atom stereocenters. The predicted octanol–water partition coefficient (Wildman–Crippen LogP) is 4.31. The molecule has 0 amide bonds. The number of ether oxygens (including phenoxy) is 1. The number of benzene rings is 2. The van der Waals surface area contributed by atoms with Crippen molar-refractivity contribution < 1.29 is 9.53 Å². The quantitative estimate of drug-likeness (QED) is 0.351. The molecule has 1 N–H and O–H groups in total. The normalized spacial score (nSPS) is 10.8. The summed E-state index contributed by atoms with van der Waals surface area (Å²) in [5, 5.41) is 14.4. The van der Waals surface area contributed by atoms with Crippen LogP contribution in [-0.2, 0) is 11.3 Å². The third-order valence-electron chi connectivity index (χ3n) is 5.42. The number of aromatic amines is 1. The maximum atomic E-state index is 12.5. The molecule has 4 rings (SSSR count). The van der Waals surface area contributed by atoms with Crippen molar-refractivity contribution in [3.8, 4) is 22.5 Å². The average Bonchev–Trinajstić information content (AvgIpc) is 3.42. The first-order valence-corrected chi connectivity index (χ1v) is 11.4. The van der Waals surface area contributed by atoms with Crippen LogP contribution in [0.5, 0.6) is 0 Å². The van der Waals surface area contributed by atoms with Crippen molar-refractivity contribution in [2.45, 2.75) is 33.2 Å². The number of nitrogens with zero attached hydrogens (tertiary/aromatic N) is 6. The molecule has 0 aliphatic carbocycles. The van der Waals surface area contributed by atoms with Gasteiger partial charge >= 0.3 is 5.97 Å². The van der Waals surface area contributed by atoms with Gasteiger partial charge in [-0.25, -0.2) is 14.8 Å². The lowest BCUT2D eigenvalue weighted by molar-refractivity contribution is 0.0526. The van der Waals surface area contributed by atoms with Gasteiger partial charge in [-0.3, -0.25) is 0 Å². The number of esters is 1. The minimum Gasteiger partial charge on any atom is -0.462 e. The highest BCUT2D eigenvalue weighted by Crippen LogP contribution is 2.30. The van der Waals surface area contributed by atoms with Crippen molar-refractivity contribution in [2.75, 3.05) is 18.1 Å². The van der Waals surface area contributed by atoms with Gasteiger partial charge in [0.05, 0.1) is 6.61 Å². The van der Waals surface area contributed by atoms with Gasteiger partial charge in [0.15, 0.2) is 0 Å². The molecular formula is C25H27N7O2. The first kappa shape index (κ1) is 23.0. The Hall–Kier alpha value is -4.14. The van der Waals surface area contributed by atoms with Crippen LogP contribution in [0.25, 0.3) is 22.5 Å². The highest BCUT2D eigenvalue weighted by atomic mass is 16.5. The Morgan fingerprint density at radius 1 is 1.06 bits per heavy atom. The number of hydrogen-bond donors (Lipinski definition) is 1. The number of carbonyl (C=O) groups is 1. The number of H-pyrrole nitrogens is 1. The van der Waals surface area contributed by atoms with E-state index in [0.29, 0.717) is 30.4 Å². The number of unbranched alkanes of at least 4 members (excludes halogenated alkanes) is 1. The van der Waals surface area contributed by atoms with Gasteiger partial charge in [-0.05, 0) is 35.2 Å². The van der Waals surface area contributed by atoms with Gasteiger partial charge < -0.3 is 9.64 Å². The molecule has 9 heteroatoms. The summed E-state index contributed by atoms with van der Waals surface area (Å²) in [6, 6.07) is 16.3. The lowest BCUT2D eigenvalue weighted by Gasteiger charge is -2.25. The number of tetrazole rings is 1. The zero-order valence-corrected chi connectivity index (χ0v) is 19.3. The van der Waals surface area contributed by atoms with Gasteiger partial charge in [0.25, 0.3) is 0 Å². The van der Waals surface area contributed by atoms with Crippen LogP contribution in [0.3, 0.4) is 0 Å². The topological polar surface area (TPSA) is 110 Å². The monoisotopic (exact) mass is 457 g/mol. The predicted molar refractivity (Wildman–Crippen MR) is 129 cm³/mol. The second-order valence-corrected chi connectivity index (χ2v) is 7.73. The number of nitrogens with one attached hydrogen (secondary N) is 1. The number of hydrogen-bond acceptors (Lipinski definition) is 8. The van der Waals surface area contributed by atoms with Crippen molar-refractivity contribution in [1.29, 1.82) is 0 Å². The first-order valence-electron chi connectivity index (χ1n) is 11.4. The molecule has 0 atom stereocenters. The Morgan fingerprint density at radius 2 is 1.85 bits per heavy atom. The summed E-state index contributed by atoms with van der Waals surface area (Å²) >= 11 is 0. The highest BCUT2D eigenvalue weighted by molar-refractivity contribution is 5.94. The molecule has 0 saturated heterocycles. The molecule has 2 heterocycles. The molecule has 0 aliphatic heterocycles. The van der Waals surface area contributed by atoms with E-state index in [1.165, 1.54) is 12.5 Å². The van der Waals surface area contributed by atoms with E-state index in [4.69, 9.17) is 4.74 Å². The minimum atomic E-state index is -0.409. The van der Waals surface area contributed by atoms with E-state index in [9.17, 15) is 4.79 Å². The van der Waals surface area contributed by atoms with Crippen LogP contribution in [0.2, 0.25) is 0 Å². The Balaban J connectivity index is 1.60. The van der Waals surface area contributed by atoms with Gasteiger partial charge in [0.2, 0.25) is 5.82 Å². The Morgan fingerprint density at radius 3 is 2.56 bits per heavy atom. The smallest absolute Gasteiger partial charge is 0.343 e. The molecule has 0 bridgehead atoms. The van der Waals surface area contributed by atoms with Crippen molar-refractivity contribution >= 4 is 11.8 Å². The van der Waals surface area contributed by atoms with E-state index in [-0.39, 0.29) is 0 Å². The van der Waals surface area contributed by atoms with Crippen molar-refractivity contribution in [3.05, 3.63) is 72.2 Å². The largest absolute Gasteiger partial charge is 0.462 e. The minimum absolute atomic E-state index is 0.301. The second kappa shape index (κ2) is 11.1. The fraction of sp³-hybridized carbons (Fsp3) is 0.280. The maximum Gasteiger partial charge on any atom is 0.343 e. The molecule has 9 nitrogen and oxygen atoms in total. The van der Waals surface area contributed by atoms with Crippen LogP contribution < -0.4 is 4.90 Å². The van der Waals surface area contributed by atoms with Crippen LogP contribution >= 0.6 is 0 Å². The number of rotatable bonds is 10. The van der Waals surface area contributed by atoms with E-state index in [0.717, 1.165) is 41.6 Å². The number of carbonyl (C=O) groups excluding carboxylic acids is 1. The molecule has 34 heavy (non-hydrogen) atoms. The number of aromatic nitrogens is 6. The molecule has 2 aromatic heterocycles.